The summed E-state index contributed by atoms with van der Waals surface area (Å²) >= 11 is 11.5. The van der Waals surface area contributed by atoms with Gasteiger partial charge in [0.25, 0.3) is 0 Å². The van der Waals surface area contributed by atoms with E-state index in [-0.39, 0.29) is 17.2 Å². The van der Waals surface area contributed by atoms with Gasteiger partial charge in [-0.2, -0.15) is 4.98 Å². The highest BCUT2D eigenvalue weighted by Crippen LogP contribution is 2.21. The van der Waals surface area contributed by atoms with Crippen LogP contribution in [-0.4, -0.2) is 28.5 Å². The summed E-state index contributed by atoms with van der Waals surface area (Å²) in [5, 5.41) is 6.18. The van der Waals surface area contributed by atoms with E-state index in [1.165, 1.54) is 6.20 Å². The van der Waals surface area contributed by atoms with Crippen LogP contribution in [0.2, 0.25) is 10.3 Å². The van der Waals surface area contributed by atoms with Crippen molar-refractivity contribution in [3.05, 3.63) is 16.5 Å². The van der Waals surface area contributed by atoms with E-state index < -0.39 is 0 Å². The minimum Gasteiger partial charge on any atom is -0.357 e. The number of carbonyl (C=O) groups is 1. The molecule has 1 saturated heterocycles. The summed E-state index contributed by atoms with van der Waals surface area (Å²) in [5.74, 6) is 0.348. The number of nitrogens with zero attached hydrogens (tertiary/aromatic N) is 2. The fourth-order valence-electron chi connectivity index (χ4n) is 1.52. The molecule has 0 radical (unpaired) electrons. The van der Waals surface area contributed by atoms with Gasteiger partial charge in [0.1, 0.15) is 11.1 Å². The van der Waals surface area contributed by atoms with E-state index in [1.54, 1.807) is 0 Å². The van der Waals surface area contributed by atoms with Gasteiger partial charge in [0.15, 0.2) is 5.82 Å². The molecule has 1 aliphatic heterocycles. The molecule has 1 unspecified atom stereocenters. The highest BCUT2D eigenvalue weighted by molar-refractivity contribution is 6.33. The standard InChI is InChI=1S/C9H10Cl2N4O/c10-5-4-13-9(11)15-7(5)14-6-2-1-3-12-8(6)16/h4,6H,1-3H2,(H,12,16)(H,13,14,15). The zero-order valence-electron chi connectivity index (χ0n) is 8.33. The molecule has 1 aromatic heterocycles. The van der Waals surface area contributed by atoms with Crippen LogP contribution in [0, 0.1) is 0 Å². The maximum atomic E-state index is 11.5. The summed E-state index contributed by atoms with van der Waals surface area (Å²) in [6.07, 6.45) is 3.09. The Labute approximate surface area is 103 Å². The molecule has 0 bridgehead atoms. The van der Waals surface area contributed by atoms with Crippen molar-refractivity contribution in [3.63, 3.8) is 0 Å². The zero-order chi connectivity index (χ0) is 11.5. The Kier molecular flexibility index (Phi) is 3.46. The van der Waals surface area contributed by atoms with Crippen molar-refractivity contribution in [1.82, 2.24) is 15.3 Å². The Hall–Kier alpha value is -1.07. The number of hydrogen-bond donors (Lipinski definition) is 2. The summed E-state index contributed by atoms with van der Waals surface area (Å²) in [7, 11) is 0. The highest BCUT2D eigenvalue weighted by Gasteiger charge is 2.22. The summed E-state index contributed by atoms with van der Waals surface area (Å²) in [5.41, 5.74) is 0. The van der Waals surface area contributed by atoms with Crippen LogP contribution in [0.15, 0.2) is 6.20 Å². The van der Waals surface area contributed by atoms with Crippen LogP contribution in [0.4, 0.5) is 5.82 Å². The lowest BCUT2D eigenvalue weighted by molar-refractivity contribution is -0.123. The van der Waals surface area contributed by atoms with E-state index in [1.807, 2.05) is 0 Å². The minimum atomic E-state index is -0.308. The molecule has 1 aliphatic rings. The predicted octanol–water partition coefficient (Wildman–Crippen LogP) is 1.47. The first kappa shape index (κ1) is 11.4. The van der Waals surface area contributed by atoms with Gasteiger partial charge in [0.05, 0.1) is 6.20 Å². The van der Waals surface area contributed by atoms with Gasteiger partial charge < -0.3 is 10.6 Å². The molecule has 2 N–H and O–H groups in total. The molecule has 86 valence electrons. The maximum Gasteiger partial charge on any atom is 0.242 e. The molecule has 5 nitrogen and oxygen atoms in total. The largest absolute Gasteiger partial charge is 0.357 e. The maximum absolute atomic E-state index is 11.5. The summed E-state index contributed by atoms with van der Waals surface area (Å²) in [4.78, 5) is 19.2. The van der Waals surface area contributed by atoms with Gasteiger partial charge in [-0.25, -0.2) is 4.98 Å². The molecule has 1 aromatic rings. The quantitative estimate of drug-likeness (QED) is 0.791. The minimum absolute atomic E-state index is 0.0444. The van der Waals surface area contributed by atoms with Crippen molar-refractivity contribution in [2.45, 2.75) is 18.9 Å². The average molecular weight is 261 g/mol. The molecule has 0 aromatic carbocycles. The van der Waals surface area contributed by atoms with E-state index in [0.717, 1.165) is 19.4 Å². The van der Waals surface area contributed by atoms with Gasteiger partial charge in [0, 0.05) is 6.54 Å². The first-order valence-electron chi connectivity index (χ1n) is 4.89. The van der Waals surface area contributed by atoms with E-state index in [2.05, 4.69) is 20.6 Å². The second-order valence-corrected chi connectivity index (χ2v) is 4.21. The molecular formula is C9H10Cl2N4O. The summed E-state index contributed by atoms with van der Waals surface area (Å²) < 4.78 is 0. The lowest BCUT2D eigenvalue weighted by Crippen LogP contribution is -2.44. The van der Waals surface area contributed by atoms with Crippen LogP contribution in [0.1, 0.15) is 12.8 Å². The van der Waals surface area contributed by atoms with E-state index >= 15 is 0 Å². The zero-order valence-corrected chi connectivity index (χ0v) is 9.85. The lowest BCUT2D eigenvalue weighted by Gasteiger charge is -2.23. The second-order valence-electron chi connectivity index (χ2n) is 3.47. The Balaban J connectivity index is 2.13. The molecular weight excluding hydrogens is 251 g/mol. The molecule has 2 rings (SSSR count). The number of aromatic nitrogens is 2. The Morgan fingerprint density at radius 1 is 1.50 bits per heavy atom. The number of amides is 1. The van der Waals surface area contributed by atoms with Crippen molar-refractivity contribution in [2.24, 2.45) is 0 Å². The van der Waals surface area contributed by atoms with Crippen LogP contribution in [0.3, 0.4) is 0 Å². The first-order chi connectivity index (χ1) is 7.66. The van der Waals surface area contributed by atoms with E-state index in [4.69, 9.17) is 23.2 Å². The number of piperidine rings is 1. The molecule has 0 spiro atoms. The topological polar surface area (TPSA) is 66.9 Å². The normalized spacial score (nSPS) is 20.4. The van der Waals surface area contributed by atoms with Gasteiger partial charge >= 0.3 is 0 Å². The fourth-order valence-corrected chi connectivity index (χ4v) is 1.80. The molecule has 1 amide bonds. The molecule has 7 heteroatoms. The third-order valence-corrected chi connectivity index (χ3v) is 2.77. The smallest absolute Gasteiger partial charge is 0.242 e. The molecule has 0 saturated carbocycles. The van der Waals surface area contributed by atoms with Crippen LogP contribution in [0.5, 0.6) is 0 Å². The monoisotopic (exact) mass is 260 g/mol. The molecule has 1 fully saturated rings. The molecule has 1 atom stereocenters. The summed E-state index contributed by atoms with van der Waals surface area (Å²) in [6, 6.07) is -0.308. The number of rotatable bonds is 2. The Morgan fingerprint density at radius 3 is 3.06 bits per heavy atom. The van der Waals surface area contributed by atoms with Gasteiger partial charge in [-0.1, -0.05) is 11.6 Å². The van der Waals surface area contributed by atoms with Crippen LogP contribution in [0.25, 0.3) is 0 Å². The predicted molar refractivity (Wildman–Crippen MR) is 61.7 cm³/mol. The third-order valence-electron chi connectivity index (χ3n) is 2.31. The molecule has 0 aliphatic carbocycles. The fraction of sp³-hybridized carbons (Fsp3) is 0.444. The van der Waals surface area contributed by atoms with Crippen molar-refractivity contribution < 1.29 is 4.79 Å². The SMILES string of the molecule is O=C1NCCCC1Nc1nc(Cl)ncc1Cl. The number of hydrogen-bond acceptors (Lipinski definition) is 4. The van der Waals surface area contributed by atoms with Crippen LogP contribution >= 0.6 is 23.2 Å². The third kappa shape index (κ3) is 2.54. The number of carbonyl (C=O) groups excluding carboxylic acids is 1. The molecule has 2 heterocycles. The second kappa shape index (κ2) is 4.84. The number of nitrogens with one attached hydrogen (secondary N) is 2. The van der Waals surface area contributed by atoms with Crippen LogP contribution < -0.4 is 10.6 Å². The van der Waals surface area contributed by atoms with Gasteiger partial charge in [-0.05, 0) is 24.4 Å². The first-order valence-corrected chi connectivity index (χ1v) is 5.64. The van der Waals surface area contributed by atoms with Gasteiger partial charge in [-0.15, -0.1) is 0 Å². The Morgan fingerprint density at radius 2 is 2.31 bits per heavy atom. The van der Waals surface area contributed by atoms with E-state index in [0.29, 0.717) is 10.8 Å². The summed E-state index contributed by atoms with van der Waals surface area (Å²) in [6.45, 7) is 0.718. The molecule has 16 heavy (non-hydrogen) atoms. The van der Waals surface area contributed by atoms with Gasteiger partial charge in [0.2, 0.25) is 11.2 Å². The van der Waals surface area contributed by atoms with Crippen molar-refractivity contribution in [3.8, 4) is 0 Å². The van der Waals surface area contributed by atoms with Crippen LogP contribution in [-0.2, 0) is 4.79 Å². The average Bonchev–Trinajstić information content (AvgIpc) is 2.27. The highest BCUT2D eigenvalue weighted by atomic mass is 35.5. The van der Waals surface area contributed by atoms with Gasteiger partial charge in [-0.3, -0.25) is 4.79 Å². The van der Waals surface area contributed by atoms with E-state index in [9.17, 15) is 4.79 Å². The van der Waals surface area contributed by atoms with Crippen molar-refractivity contribution in [1.29, 1.82) is 0 Å². The lowest BCUT2D eigenvalue weighted by atomic mass is 10.1. The van der Waals surface area contributed by atoms with Crippen molar-refractivity contribution >= 4 is 34.9 Å². The Bertz CT molecular complexity index is 412. The van der Waals surface area contributed by atoms with Crippen molar-refractivity contribution in [2.75, 3.05) is 11.9 Å². The number of anilines is 1. The number of halogens is 2.